The molecule has 1 unspecified atom stereocenters. The predicted octanol–water partition coefficient (Wildman–Crippen LogP) is 4.29. The number of nitrogens with one attached hydrogen (secondary N) is 1. The van der Waals surface area contributed by atoms with Crippen LogP contribution in [0.5, 0.6) is 0 Å². The van der Waals surface area contributed by atoms with Gasteiger partial charge in [0.25, 0.3) is 5.91 Å². The van der Waals surface area contributed by atoms with Gasteiger partial charge in [0.15, 0.2) is 0 Å². The van der Waals surface area contributed by atoms with E-state index >= 15 is 0 Å². The number of alkyl halides is 1. The van der Waals surface area contributed by atoms with Gasteiger partial charge >= 0.3 is 0 Å². The van der Waals surface area contributed by atoms with E-state index in [1.54, 1.807) is 18.2 Å². The van der Waals surface area contributed by atoms with E-state index in [1.807, 2.05) is 0 Å². The summed E-state index contributed by atoms with van der Waals surface area (Å²) in [6, 6.07) is 4.85. The number of amides is 1. The number of rotatable bonds is 5. The van der Waals surface area contributed by atoms with Crippen LogP contribution < -0.4 is 5.32 Å². The van der Waals surface area contributed by atoms with E-state index in [4.69, 9.17) is 23.2 Å². The summed E-state index contributed by atoms with van der Waals surface area (Å²) in [4.78, 5) is 12.1. The molecule has 94 valence electrons. The van der Waals surface area contributed by atoms with Gasteiger partial charge in [-0.3, -0.25) is 4.79 Å². The second kappa shape index (κ2) is 7.24. The van der Waals surface area contributed by atoms with E-state index in [1.165, 1.54) is 0 Å². The maximum atomic E-state index is 11.8. The first-order valence-electron chi connectivity index (χ1n) is 5.42. The lowest BCUT2D eigenvalue weighted by Gasteiger charge is -2.10. The van der Waals surface area contributed by atoms with E-state index in [-0.39, 0.29) is 5.91 Å². The Morgan fingerprint density at radius 2 is 2.12 bits per heavy atom. The van der Waals surface area contributed by atoms with Crippen molar-refractivity contribution >= 4 is 45.0 Å². The normalized spacial score (nSPS) is 12.2. The summed E-state index contributed by atoms with van der Waals surface area (Å²) < 4.78 is 0. The average Bonchev–Trinajstić information content (AvgIpc) is 2.30. The molecular formula is C12H14BrCl2NO. The summed E-state index contributed by atoms with van der Waals surface area (Å²) in [5, 5.41) is 3.69. The fourth-order valence-electron chi connectivity index (χ4n) is 1.36. The number of benzene rings is 1. The third-order valence-corrected chi connectivity index (χ3v) is 3.79. The van der Waals surface area contributed by atoms with Crippen molar-refractivity contribution in [1.29, 1.82) is 0 Å². The molecule has 1 atom stereocenters. The number of carbonyl (C=O) groups is 1. The van der Waals surface area contributed by atoms with E-state index in [0.29, 0.717) is 27.0 Å². The minimum atomic E-state index is -0.135. The fourth-order valence-corrected chi connectivity index (χ4v) is 2.28. The topological polar surface area (TPSA) is 29.1 Å². The number of halogens is 3. The zero-order chi connectivity index (χ0) is 12.8. The van der Waals surface area contributed by atoms with Crippen molar-refractivity contribution in [3.8, 4) is 0 Å². The second-order valence-corrected chi connectivity index (χ2v) is 5.83. The SMILES string of the molecule is CCCC(Br)CNC(=O)c1ccc(Cl)c(Cl)c1. The maximum absolute atomic E-state index is 11.8. The number of carbonyl (C=O) groups excluding carboxylic acids is 1. The molecule has 0 aliphatic heterocycles. The largest absolute Gasteiger partial charge is 0.351 e. The Morgan fingerprint density at radius 3 is 2.71 bits per heavy atom. The molecule has 0 fully saturated rings. The zero-order valence-corrected chi connectivity index (χ0v) is 12.6. The Balaban J connectivity index is 2.55. The van der Waals surface area contributed by atoms with Gasteiger partial charge in [0, 0.05) is 16.9 Å². The van der Waals surface area contributed by atoms with Crippen LogP contribution in [0.25, 0.3) is 0 Å². The fraction of sp³-hybridized carbons (Fsp3) is 0.417. The van der Waals surface area contributed by atoms with Gasteiger partial charge < -0.3 is 5.32 Å². The van der Waals surface area contributed by atoms with Crippen molar-refractivity contribution in [2.45, 2.75) is 24.6 Å². The van der Waals surface area contributed by atoms with Crippen molar-refractivity contribution in [1.82, 2.24) is 5.32 Å². The third kappa shape index (κ3) is 4.86. The highest BCUT2D eigenvalue weighted by Gasteiger charge is 2.09. The summed E-state index contributed by atoms with van der Waals surface area (Å²) in [5.41, 5.74) is 0.524. The molecule has 5 heteroatoms. The van der Waals surface area contributed by atoms with Crippen LogP contribution in [0.4, 0.5) is 0 Å². The summed E-state index contributed by atoms with van der Waals surface area (Å²) >= 11 is 15.1. The van der Waals surface area contributed by atoms with Gasteiger partial charge in [0.05, 0.1) is 10.0 Å². The number of hydrogen-bond acceptors (Lipinski definition) is 1. The van der Waals surface area contributed by atoms with Crippen molar-refractivity contribution in [3.63, 3.8) is 0 Å². The van der Waals surface area contributed by atoms with Gasteiger partial charge in [-0.25, -0.2) is 0 Å². The molecule has 1 rings (SSSR count). The summed E-state index contributed by atoms with van der Waals surface area (Å²) in [6.07, 6.45) is 2.11. The van der Waals surface area contributed by atoms with Crippen LogP contribution >= 0.6 is 39.1 Å². The van der Waals surface area contributed by atoms with Gasteiger partial charge in [-0.1, -0.05) is 52.5 Å². The molecule has 0 saturated carbocycles. The van der Waals surface area contributed by atoms with Crippen LogP contribution in [-0.2, 0) is 0 Å². The molecule has 0 heterocycles. The van der Waals surface area contributed by atoms with Crippen molar-refractivity contribution in [2.75, 3.05) is 6.54 Å². The quantitative estimate of drug-likeness (QED) is 0.797. The lowest BCUT2D eigenvalue weighted by Crippen LogP contribution is -2.29. The van der Waals surface area contributed by atoms with Crippen molar-refractivity contribution < 1.29 is 4.79 Å². The zero-order valence-electron chi connectivity index (χ0n) is 9.47. The molecule has 0 spiro atoms. The first-order valence-corrected chi connectivity index (χ1v) is 7.09. The van der Waals surface area contributed by atoms with Crippen LogP contribution in [0.1, 0.15) is 30.1 Å². The molecule has 0 radical (unpaired) electrons. The Kier molecular flexibility index (Phi) is 6.31. The van der Waals surface area contributed by atoms with Gasteiger partial charge in [0.2, 0.25) is 0 Å². The molecule has 0 aliphatic carbocycles. The molecule has 1 aromatic rings. The predicted molar refractivity (Wildman–Crippen MR) is 76.4 cm³/mol. The first-order chi connectivity index (χ1) is 8.04. The maximum Gasteiger partial charge on any atom is 0.251 e. The molecule has 0 aromatic heterocycles. The average molecular weight is 339 g/mol. The first kappa shape index (κ1) is 14.8. The van der Waals surface area contributed by atoms with E-state index < -0.39 is 0 Å². The highest BCUT2D eigenvalue weighted by atomic mass is 79.9. The van der Waals surface area contributed by atoms with Gasteiger partial charge in [-0.15, -0.1) is 0 Å². The lowest BCUT2D eigenvalue weighted by atomic mass is 10.2. The van der Waals surface area contributed by atoms with E-state index in [0.717, 1.165) is 12.8 Å². The molecule has 0 saturated heterocycles. The molecule has 0 aliphatic rings. The summed E-state index contributed by atoms with van der Waals surface area (Å²) in [6.45, 7) is 2.71. The highest BCUT2D eigenvalue weighted by molar-refractivity contribution is 9.09. The lowest BCUT2D eigenvalue weighted by molar-refractivity contribution is 0.0953. The van der Waals surface area contributed by atoms with Crippen molar-refractivity contribution in [3.05, 3.63) is 33.8 Å². The van der Waals surface area contributed by atoms with Crippen LogP contribution in [-0.4, -0.2) is 17.3 Å². The summed E-state index contributed by atoms with van der Waals surface area (Å²) in [7, 11) is 0. The molecule has 0 bridgehead atoms. The van der Waals surface area contributed by atoms with Crippen molar-refractivity contribution in [2.24, 2.45) is 0 Å². The van der Waals surface area contributed by atoms with Gasteiger partial charge in [0.1, 0.15) is 0 Å². The third-order valence-electron chi connectivity index (χ3n) is 2.27. The Hall–Kier alpha value is -0.250. The number of hydrogen-bond donors (Lipinski definition) is 1. The Labute approximate surface area is 120 Å². The van der Waals surface area contributed by atoms with Crippen LogP contribution in [0, 0.1) is 0 Å². The standard InChI is InChI=1S/C12H14BrCl2NO/c1-2-3-9(13)7-16-12(17)8-4-5-10(14)11(15)6-8/h4-6,9H,2-3,7H2,1H3,(H,16,17). The van der Waals surface area contributed by atoms with Gasteiger partial charge in [-0.05, 0) is 24.6 Å². The van der Waals surface area contributed by atoms with E-state index in [9.17, 15) is 4.79 Å². The Morgan fingerprint density at radius 1 is 1.41 bits per heavy atom. The molecule has 1 aromatic carbocycles. The highest BCUT2D eigenvalue weighted by Crippen LogP contribution is 2.22. The Bertz CT molecular complexity index is 398. The van der Waals surface area contributed by atoms with E-state index in [2.05, 4.69) is 28.2 Å². The molecule has 1 amide bonds. The second-order valence-electron chi connectivity index (χ2n) is 3.72. The minimum absolute atomic E-state index is 0.135. The van der Waals surface area contributed by atoms with Crippen LogP contribution in [0.15, 0.2) is 18.2 Å². The summed E-state index contributed by atoms with van der Waals surface area (Å²) in [5.74, 6) is -0.135. The minimum Gasteiger partial charge on any atom is -0.351 e. The molecule has 1 N–H and O–H groups in total. The van der Waals surface area contributed by atoms with Crippen LogP contribution in [0.2, 0.25) is 10.0 Å². The van der Waals surface area contributed by atoms with Gasteiger partial charge in [-0.2, -0.15) is 0 Å². The molecule has 17 heavy (non-hydrogen) atoms. The smallest absolute Gasteiger partial charge is 0.251 e. The van der Waals surface area contributed by atoms with Crippen LogP contribution in [0.3, 0.4) is 0 Å². The monoisotopic (exact) mass is 337 g/mol. The molecule has 2 nitrogen and oxygen atoms in total. The molecular weight excluding hydrogens is 325 g/mol.